The number of hydrogen-bond donors (Lipinski definition) is 3. The van der Waals surface area contributed by atoms with E-state index in [0.717, 1.165) is 36.1 Å². The molecule has 1 aliphatic heterocycles. The highest BCUT2D eigenvalue weighted by atomic mass is 31.2. The highest BCUT2D eigenvalue weighted by Crippen LogP contribution is 2.48. The number of nitriles is 1. The lowest BCUT2D eigenvalue weighted by Gasteiger charge is -2.26. The number of aliphatic hydroxyl groups excluding tert-OH is 1. The number of rotatable bonds is 9. The Morgan fingerprint density at radius 1 is 1.39 bits per heavy atom. The van der Waals surface area contributed by atoms with Gasteiger partial charge in [-0.2, -0.15) is 10.3 Å². The van der Waals surface area contributed by atoms with Crippen molar-refractivity contribution in [3.05, 3.63) is 63.2 Å². The van der Waals surface area contributed by atoms with Crippen LogP contribution in [0.4, 0.5) is 4.39 Å². The van der Waals surface area contributed by atoms with Gasteiger partial charge in [-0.25, -0.2) is 13.8 Å². The average molecular weight is 526 g/mol. The number of benzene rings is 1. The molecule has 2 aromatic rings. The lowest BCUT2D eigenvalue weighted by atomic mass is 9.84. The predicted molar refractivity (Wildman–Crippen MR) is 120 cm³/mol. The summed E-state index contributed by atoms with van der Waals surface area (Å²) in [6.07, 6.45) is -3.06. The smallest absolute Gasteiger partial charge is 0.459 e. The Bertz CT molecular complexity index is 1310. The third-order valence-corrected chi connectivity index (χ3v) is 7.13. The highest BCUT2D eigenvalue weighted by Gasteiger charge is 2.55. The maximum atomic E-state index is 13.5. The van der Waals surface area contributed by atoms with E-state index in [4.69, 9.17) is 13.8 Å². The molecule has 194 valence electrons. The summed E-state index contributed by atoms with van der Waals surface area (Å²) < 4.78 is 48.8. The zero-order valence-corrected chi connectivity index (χ0v) is 20.3. The second-order valence-corrected chi connectivity index (χ2v) is 9.79. The van der Waals surface area contributed by atoms with Gasteiger partial charge in [-0.05, 0) is 38.1 Å². The molecule has 0 bridgehead atoms. The minimum absolute atomic E-state index is 0.0586. The molecule has 3 N–H and O–H groups in total. The normalized spacial score (nSPS) is 25.9. The fraction of sp³-hybridized carbons (Fsp3) is 0.429. The maximum Gasteiger partial charge on any atom is 0.459 e. The van der Waals surface area contributed by atoms with Crippen LogP contribution < -0.4 is 20.9 Å². The van der Waals surface area contributed by atoms with E-state index in [1.807, 2.05) is 11.1 Å². The third kappa shape index (κ3) is 5.72. The molecule has 13 nitrogen and oxygen atoms in total. The number of carbonyl (C=O) groups excluding carboxylic acids is 1. The molecule has 0 aliphatic carbocycles. The summed E-state index contributed by atoms with van der Waals surface area (Å²) in [5, 5.41) is 23.0. The van der Waals surface area contributed by atoms with E-state index in [1.165, 1.54) is 26.0 Å². The number of ether oxygens (including phenoxy) is 2. The molecule has 15 heteroatoms. The number of nitrogens with one attached hydrogen (secondary N) is 2. The molecule has 1 saturated heterocycles. The van der Waals surface area contributed by atoms with E-state index in [-0.39, 0.29) is 5.75 Å². The standard InChI is InChI=1S/C21H24FN4O9P/c1-12(18(29)32-3)25-36(31,35-14-6-4-13(22)5-7-14)33-10-15-17(28)21(2,11-23)19(34-15)26-9-8-16(27)24-20(26)30/h4-9,12,15,17,19,28H,10H2,1-3H3,(H,25,31)(H,24,27,30)/t12-,15+,17+,19+,21+,36?/m0/s1. The fourth-order valence-corrected chi connectivity index (χ4v) is 5.00. The SMILES string of the molecule is COC(=O)[C@H](C)NP(=O)(OC[C@H]1O[C@@H](n2ccc(=O)[nH]c2=O)[C@](C)(C#N)[C@@H]1O)Oc1ccc(F)cc1. The number of H-pyrrole nitrogens is 1. The van der Waals surface area contributed by atoms with Crippen LogP contribution in [-0.2, 0) is 23.4 Å². The van der Waals surface area contributed by atoms with Gasteiger partial charge in [0.1, 0.15) is 35.2 Å². The van der Waals surface area contributed by atoms with Gasteiger partial charge < -0.3 is 19.1 Å². The van der Waals surface area contributed by atoms with Crippen molar-refractivity contribution in [3.63, 3.8) is 0 Å². The Kier molecular flexibility index (Phi) is 8.12. The van der Waals surface area contributed by atoms with Gasteiger partial charge in [-0.3, -0.25) is 23.7 Å². The number of aliphatic hydroxyl groups is 1. The fourth-order valence-electron chi connectivity index (χ4n) is 3.49. The summed E-state index contributed by atoms with van der Waals surface area (Å²) in [6, 6.07) is 6.27. The Morgan fingerprint density at radius 3 is 2.64 bits per heavy atom. The van der Waals surface area contributed by atoms with Gasteiger partial charge in [0.25, 0.3) is 5.56 Å². The lowest BCUT2D eigenvalue weighted by molar-refractivity contribution is -0.142. The molecule has 1 fully saturated rings. The van der Waals surface area contributed by atoms with E-state index >= 15 is 0 Å². The number of carbonyl (C=O) groups is 1. The third-order valence-electron chi connectivity index (χ3n) is 5.48. The van der Waals surface area contributed by atoms with E-state index in [2.05, 4.69) is 9.82 Å². The number of methoxy groups -OCH3 is 1. The average Bonchev–Trinajstić information content (AvgIpc) is 3.09. The second-order valence-electron chi connectivity index (χ2n) is 8.10. The summed E-state index contributed by atoms with van der Waals surface area (Å²) in [5.41, 5.74) is -3.22. The van der Waals surface area contributed by atoms with Crippen molar-refractivity contribution in [1.29, 1.82) is 5.26 Å². The van der Waals surface area contributed by atoms with Gasteiger partial charge >= 0.3 is 19.4 Å². The molecule has 6 atom stereocenters. The van der Waals surface area contributed by atoms with Crippen LogP contribution in [0.15, 0.2) is 46.1 Å². The van der Waals surface area contributed by atoms with Gasteiger partial charge in [0.2, 0.25) is 0 Å². The van der Waals surface area contributed by atoms with E-state index in [0.29, 0.717) is 0 Å². The molecule has 0 spiro atoms. The van der Waals surface area contributed by atoms with Crippen molar-refractivity contribution < 1.29 is 37.4 Å². The highest BCUT2D eigenvalue weighted by molar-refractivity contribution is 7.52. The Morgan fingerprint density at radius 2 is 2.06 bits per heavy atom. The second kappa shape index (κ2) is 10.7. The van der Waals surface area contributed by atoms with Gasteiger partial charge in [0.15, 0.2) is 6.23 Å². The van der Waals surface area contributed by atoms with Crippen molar-refractivity contribution in [2.75, 3.05) is 13.7 Å². The molecule has 2 heterocycles. The van der Waals surface area contributed by atoms with Crippen LogP contribution in [-0.4, -0.2) is 52.6 Å². The first kappa shape index (κ1) is 27.3. The first-order valence-electron chi connectivity index (χ1n) is 10.5. The number of aromatic amines is 1. The zero-order valence-electron chi connectivity index (χ0n) is 19.4. The summed E-state index contributed by atoms with van der Waals surface area (Å²) in [7, 11) is -3.26. The number of nitrogens with zero attached hydrogens (tertiary/aromatic N) is 2. The molecule has 0 saturated carbocycles. The predicted octanol–water partition coefficient (Wildman–Crippen LogP) is 0.819. The van der Waals surface area contributed by atoms with Crippen LogP contribution in [0.5, 0.6) is 5.75 Å². The van der Waals surface area contributed by atoms with E-state index < -0.39 is 67.3 Å². The van der Waals surface area contributed by atoms with E-state index in [9.17, 15) is 33.7 Å². The van der Waals surface area contributed by atoms with Crippen LogP contribution in [0, 0.1) is 22.6 Å². The van der Waals surface area contributed by atoms with Gasteiger partial charge in [-0.15, -0.1) is 0 Å². The monoisotopic (exact) mass is 526 g/mol. The molecule has 36 heavy (non-hydrogen) atoms. The van der Waals surface area contributed by atoms with Crippen molar-refractivity contribution in [2.45, 2.75) is 38.3 Å². The minimum Gasteiger partial charge on any atom is -0.468 e. The largest absolute Gasteiger partial charge is 0.468 e. The molecule has 1 unspecified atom stereocenters. The summed E-state index contributed by atoms with van der Waals surface area (Å²) in [5.74, 6) is -1.42. The van der Waals surface area contributed by atoms with Crippen molar-refractivity contribution >= 4 is 13.7 Å². The van der Waals surface area contributed by atoms with Crippen molar-refractivity contribution in [2.24, 2.45) is 5.41 Å². The van der Waals surface area contributed by atoms with Crippen LogP contribution in [0.1, 0.15) is 20.1 Å². The number of halogens is 1. The summed E-state index contributed by atoms with van der Waals surface area (Å²) in [6.45, 7) is 2.06. The van der Waals surface area contributed by atoms with Crippen LogP contribution in [0.25, 0.3) is 0 Å². The molecule has 1 aliphatic rings. The van der Waals surface area contributed by atoms with Crippen LogP contribution in [0.3, 0.4) is 0 Å². The molecular weight excluding hydrogens is 502 g/mol. The Hall–Kier alpha value is -3.34. The first-order valence-corrected chi connectivity index (χ1v) is 12.1. The number of esters is 1. The molecule has 3 rings (SSSR count). The zero-order chi connectivity index (χ0) is 26.7. The molecule has 1 aromatic carbocycles. The summed E-state index contributed by atoms with van der Waals surface area (Å²) >= 11 is 0. The molecule has 0 amide bonds. The van der Waals surface area contributed by atoms with Gasteiger partial charge in [0, 0.05) is 12.3 Å². The lowest BCUT2D eigenvalue weighted by Crippen LogP contribution is -2.41. The number of aromatic nitrogens is 2. The number of hydrogen-bond acceptors (Lipinski definition) is 10. The van der Waals surface area contributed by atoms with Gasteiger partial charge in [0.05, 0.1) is 19.8 Å². The topological polar surface area (TPSA) is 182 Å². The minimum atomic E-state index is -4.38. The molecule has 1 aromatic heterocycles. The van der Waals surface area contributed by atoms with Crippen LogP contribution >= 0.6 is 7.75 Å². The molecule has 0 radical (unpaired) electrons. The van der Waals surface area contributed by atoms with Crippen molar-refractivity contribution in [1.82, 2.24) is 14.6 Å². The maximum absolute atomic E-state index is 13.5. The van der Waals surface area contributed by atoms with Crippen molar-refractivity contribution in [3.8, 4) is 11.8 Å². The Balaban J connectivity index is 1.85. The quantitative estimate of drug-likeness (QED) is 0.311. The summed E-state index contributed by atoms with van der Waals surface area (Å²) in [4.78, 5) is 37.6. The first-order chi connectivity index (χ1) is 16.9. The van der Waals surface area contributed by atoms with Gasteiger partial charge in [-0.1, -0.05) is 0 Å². The van der Waals surface area contributed by atoms with Crippen LogP contribution in [0.2, 0.25) is 0 Å². The van der Waals surface area contributed by atoms with E-state index in [1.54, 1.807) is 0 Å². The Labute approximate surface area is 204 Å². The molecular formula is C21H24FN4O9P.